The van der Waals surface area contributed by atoms with Crippen LogP contribution in [-0.2, 0) is 12.6 Å². The minimum absolute atomic E-state index is 0.0336. The van der Waals surface area contributed by atoms with Crippen molar-refractivity contribution >= 4 is 16.7 Å². The second-order valence-electron chi connectivity index (χ2n) is 6.26. The quantitative estimate of drug-likeness (QED) is 0.295. The summed E-state index contributed by atoms with van der Waals surface area (Å²) in [4.78, 5) is 12.2. The second-order valence-corrected chi connectivity index (χ2v) is 6.26. The van der Waals surface area contributed by atoms with E-state index in [1.807, 2.05) is 6.92 Å². The van der Waals surface area contributed by atoms with Crippen molar-refractivity contribution in [2.45, 2.75) is 25.9 Å². The van der Waals surface area contributed by atoms with E-state index < -0.39 is 29.3 Å². The molecule has 0 aliphatic heterocycles. The van der Waals surface area contributed by atoms with E-state index in [4.69, 9.17) is 4.74 Å². The summed E-state index contributed by atoms with van der Waals surface area (Å²) in [6, 6.07) is 9.37. The van der Waals surface area contributed by atoms with Gasteiger partial charge < -0.3 is 4.74 Å². The summed E-state index contributed by atoms with van der Waals surface area (Å²) in [5, 5.41) is -0.140. The summed E-state index contributed by atoms with van der Waals surface area (Å²) in [5.41, 5.74) is -0.893. The minimum Gasteiger partial charge on any atom is -0.423 e. The molecule has 28 heavy (non-hydrogen) atoms. The van der Waals surface area contributed by atoms with Crippen LogP contribution < -0.4 is 4.74 Å². The number of alkyl halides is 3. The Bertz CT molecular complexity index is 1040. The summed E-state index contributed by atoms with van der Waals surface area (Å²) in [7, 11) is 0. The number of hydrogen-bond acceptors (Lipinski definition) is 2. The van der Waals surface area contributed by atoms with E-state index in [-0.39, 0.29) is 22.1 Å². The molecule has 0 spiro atoms. The van der Waals surface area contributed by atoms with E-state index in [0.29, 0.717) is 12.5 Å². The number of benzene rings is 3. The summed E-state index contributed by atoms with van der Waals surface area (Å²) >= 11 is 0. The van der Waals surface area contributed by atoms with Crippen molar-refractivity contribution in [3.63, 3.8) is 0 Å². The van der Waals surface area contributed by atoms with Crippen LogP contribution >= 0.6 is 0 Å². The van der Waals surface area contributed by atoms with E-state index in [0.717, 1.165) is 30.2 Å². The van der Waals surface area contributed by atoms with Crippen molar-refractivity contribution in [2.75, 3.05) is 0 Å². The molecule has 0 radical (unpaired) electrons. The first-order valence-electron chi connectivity index (χ1n) is 8.50. The number of halogens is 5. The van der Waals surface area contributed by atoms with Gasteiger partial charge in [0.25, 0.3) is 0 Å². The largest absolute Gasteiger partial charge is 0.423 e. The van der Waals surface area contributed by atoms with Crippen molar-refractivity contribution in [2.24, 2.45) is 0 Å². The van der Waals surface area contributed by atoms with Crippen molar-refractivity contribution in [3.05, 3.63) is 76.9 Å². The van der Waals surface area contributed by atoms with Crippen LogP contribution in [0.3, 0.4) is 0 Å². The first-order valence-corrected chi connectivity index (χ1v) is 8.50. The lowest BCUT2D eigenvalue weighted by Gasteiger charge is -2.11. The van der Waals surface area contributed by atoms with Crippen LogP contribution in [0.15, 0.2) is 48.5 Å². The van der Waals surface area contributed by atoms with Crippen molar-refractivity contribution in [3.8, 4) is 5.75 Å². The van der Waals surface area contributed by atoms with Gasteiger partial charge in [0.2, 0.25) is 0 Å². The van der Waals surface area contributed by atoms with Gasteiger partial charge >= 0.3 is 12.1 Å². The van der Waals surface area contributed by atoms with E-state index in [9.17, 15) is 26.7 Å². The lowest BCUT2D eigenvalue weighted by Crippen LogP contribution is -2.11. The summed E-state index contributed by atoms with van der Waals surface area (Å²) in [5.74, 6) is -3.11. The Morgan fingerprint density at radius 2 is 1.75 bits per heavy atom. The molecule has 0 fully saturated rings. The van der Waals surface area contributed by atoms with Crippen LogP contribution in [0.25, 0.3) is 10.8 Å². The molecule has 146 valence electrons. The molecule has 2 nitrogen and oxygen atoms in total. The van der Waals surface area contributed by atoms with Gasteiger partial charge in [-0.25, -0.2) is 13.6 Å². The molecule has 3 aromatic rings. The lowest BCUT2D eigenvalue weighted by molar-refractivity contribution is -0.139. The fourth-order valence-electron chi connectivity index (χ4n) is 2.88. The smallest absolute Gasteiger partial charge is 0.419 e. The third kappa shape index (κ3) is 3.98. The molecule has 0 amide bonds. The van der Waals surface area contributed by atoms with Crippen LogP contribution in [0.1, 0.15) is 34.8 Å². The van der Waals surface area contributed by atoms with Gasteiger partial charge in [-0.15, -0.1) is 0 Å². The zero-order chi connectivity index (χ0) is 20.5. The predicted octanol–water partition coefficient (Wildman–Crippen LogP) is 6.31. The summed E-state index contributed by atoms with van der Waals surface area (Å²) in [6.07, 6.45) is -3.32. The number of ether oxygens (including phenoxy) is 1. The number of fused-ring (bicyclic) bond motifs is 1. The molecule has 0 unspecified atom stereocenters. The molecule has 0 bridgehead atoms. The van der Waals surface area contributed by atoms with Gasteiger partial charge in [-0.2, -0.15) is 13.2 Å². The molecule has 0 heterocycles. The first kappa shape index (κ1) is 19.8. The lowest BCUT2D eigenvalue weighted by atomic mass is 10.1. The van der Waals surface area contributed by atoms with E-state index in [1.54, 1.807) is 6.07 Å². The average Bonchev–Trinajstić information content (AvgIpc) is 2.61. The molecule has 0 saturated carbocycles. The number of carbonyl (C=O) groups is 1. The number of carbonyl (C=O) groups excluding carboxylic acids is 1. The number of rotatable bonds is 4. The van der Waals surface area contributed by atoms with Crippen LogP contribution in [0.5, 0.6) is 5.75 Å². The topological polar surface area (TPSA) is 26.3 Å². The zero-order valence-corrected chi connectivity index (χ0v) is 14.7. The maximum absolute atomic E-state index is 14.1. The predicted molar refractivity (Wildman–Crippen MR) is 94.3 cm³/mol. The van der Waals surface area contributed by atoms with Crippen LogP contribution in [0.2, 0.25) is 0 Å². The van der Waals surface area contributed by atoms with E-state index in [1.165, 1.54) is 18.2 Å². The van der Waals surface area contributed by atoms with E-state index in [2.05, 4.69) is 0 Å². The molecular formula is C21H15F5O2. The van der Waals surface area contributed by atoms with Crippen molar-refractivity contribution in [1.82, 2.24) is 0 Å². The Labute approximate surface area is 157 Å². The second kappa shape index (κ2) is 7.58. The standard InChI is InChI=1S/C21H15F5O2/c1-2-3-12-4-7-16(18(22)10-12)20(27)28-14-6-8-15-13(11-14)5-9-17(19(15)23)21(24,25)26/h4-11H,2-3H2,1H3. The highest BCUT2D eigenvalue weighted by Gasteiger charge is 2.34. The Kier molecular flexibility index (Phi) is 5.36. The molecule has 0 N–H and O–H groups in total. The zero-order valence-electron chi connectivity index (χ0n) is 14.7. The molecule has 3 aromatic carbocycles. The molecular weight excluding hydrogens is 379 g/mol. The third-order valence-corrected chi connectivity index (χ3v) is 4.23. The van der Waals surface area contributed by atoms with Crippen molar-refractivity contribution < 1.29 is 31.5 Å². The van der Waals surface area contributed by atoms with Crippen LogP contribution in [0.4, 0.5) is 22.0 Å². The van der Waals surface area contributed by atoms with Gasteiger partial charge in [-0.05, 0) is 53.8 Å². The number of esters is 1. The highest BCUT2D eigenvalue weighted by Crippen LogP contribution is 2.35. The average molecular weight is 394 g/mol. The van der Waals surface area contributed by atoms with Gasteiger partial charge in [0, 0.05) is 5.39 Å². The molecule has 7 heteroatoms. The SMILES string of the molecule is CCCc1ccc(C(=O)Oc2ccc3c(F)c(C(F)(F)F)ccc3c2)c(F)c1. The molecule has 0 aliphatic carbocycles. The fourth-order valence-corrected chi connectivity index (χ4v) is 2.88. The third-order valence-electron chi connectivity index (χ3n) is 4.23. The summed E-state index contributed by atoms with van der Waals surface area (Å²) in [6.45, 7) is 1.94. The van der Waals surface area contributed by atoms with Gasteiger partial charge in [0.15, 0.2) is 0 Å². The first-order chi connectivity index (χ1) is 13.2. The molecule has 0 aliphatic rings. The normalized spacial score (nSPS) is 11.6. The van der Waals surface area contributed by atoms with Gasteiger partial charge in [0.1, 0.15) is 17.4 Å². The molecule has 0 aromatic heterocycles. The minimum atomic E-state index is -4.81. The Hall–Kier alpha value is -2.96. The monoisotopic (exact) mass is 394 g/mol. The summed E-state index contributed by atoms with van der Waals surface area (Å²) < 4.78 is 71.7. The maximum Gasteiger partial charge on any atom is 0.419 e. The molecule has 0 atom stereocenters. The highest BCUT2D eigenvalue weighted by atomic mass is 19.4. The Balaban J connectivity index is 1.88. The molecule has 0 saturated heterocycles. The Morgan fingerprint density at radius 1 is 1.00 bits per heavy atom. The van der Waals surface area contributed by atoms with E-state index >= 15 is 0 Å². The van der Waals surface area contributed by atoms with Gasteiger partial charge in [-0.3, -0.25) is 0 Å². The molecule has 3 rings (SSSR count). The highest BCUT2D eigenvalue weighted by molar-refractivity contribution is 5.92. The van der Waals surface area contributed by atoms with Crippen LogP contribution in [0, 0.1) is 11.6 Å². The number of aryl methyl sites for hydroxylation is 1. The number of hydrogen-bond donors (Lipinski definition) is 0. The fraction of sp³-hybridized carbons (Fsp3) is 0.190. The van der Waals surface area contributed by atoms with Crippen molar-refractivity contribution in [1.29, 1.82) is 0 Å². The van der Waals surface area contributed by atoms with Crippen LogP contribution in [-0.4, -0.2) is 5.97 Å². The maximum atomic E-state index is 14.1. The Morgan fingerprint density at radius 3 is 2.39 bits per heavy atom. The van der Waals surface area contributed by atoms with Gasteiger partial charge in [0.05, 0.1) is 11.1 Å². The van der Waals surface area contributed by atoms with Gasteiger partial charge in [-0.1, -0.05) is 25.5 Å².